The lowest BCUT2D eigenvalue weighted by Crippen LogP contribution is -1.85. The molecule has 0 spiro atoms. The Hall–Kier alpha value is -0.650. The SMILES string of the molecule is Clc1cc(Cl)c(-c2nn[nH]n2)c(Br)c1. The van der Waals surface area contributed by atoms with Crippen molar-refractivity contribution in [2.75, 3.05) is 0 Å². The lowest BCUT2D eigenvalue weighted by molar-refractivity contribution is 0.881. The van der Waals surface area contributed by atoms with Crippen molar-refractivity contribution in [1.82, 2.24) is 20.6 Å². The number of nitrogens with one attached hydrogen (secondary N) is 1. The molecular formula is C7H3BrCl2N4. The molecule has 0 saturated heterocycles. The molecule has 0 unspecified atom stereocenters. The molecule has 0 aliphatic rings. The summed E-state index contributed by atoms with van der Waals surface area (Å²) in [6, 6.07) is 3.35. The van der Waals surface area contributed by atoms with Crippen LogP contribution in [0.4, 0.5) is 0 Å². The summed E-state index contributed by atoms with van der Waals surface area (Å²) in [7, 11) is 0. The van der Waals surface area contributed by atoms with Gasteiger partial charge in [0.25, 0.3) is 0 Å². The number of hydrogen-bond donors (Lipinski definition) is 1. The molecule has 1 aromatic carbocycles. The Bertz CT molecular complexity index is 434. The van der Waals surface area contributed by atoms with E-state index in [2.05, 4.69) is 36.6 Å². The maximum atomic E-state index is 5.99. The van der Waals surface area contributed by atoms with E-state index in [0.717, 1.165) is 4.47 Å². The van der Waals surface area contributed by atoms with Gasteiger partial charge in [-0.15, -0.1) is 10.2 Å². The van der Waals surface area contributed by atoms with Crippen LogP contribution >= 0.6 is 39.1 Å². The fourth-order valence-corrected chi connectivity index (χ4v) is 2.48. The van der Waals surface area contributed by atoms with E-state index in [9.17, 15) is 0 Å². The van der Waals surface area contributed by atoms with Gasteiger partial charge in [0.2, 0.25) is 5.82 Å². The van der Waals surface area contributed by atoms with E-state index in [1.807, 2.05) is 0 Å². The molecule has 1 aromatic heterocycles. The zero-order valence-corrected chi connectivity index (χ0v) is 9.73. The molecule has 0 atom stereocenters. The summed E-state index contributed by atoms with van der Waals surface area (Å²) in [6.07, 6.45) is 0. The van der Waals surface area contributed by atoms with E-state index in [0.29, 0.717) is 21.4 Å². The molecular weight excluding hydrogens is 291 g/mol. The summed E-state index contributed by atoms with van der Waals surface area (Å²) in [5, 5.41) is 14.5. The second-order valence-corrected chi connectivity index (χ2v) is 4.18. The third kappa shape index (κ3) is 1.75. The summed E-state index contributed by atoms with van der Waals surface area (Å²) in [5.74, 6) is 0.429. The smallest absolute Gasteiger partial charge is 0.177 e. The van der Waals surface area contributed by atoms with Gasteiger partial charge in [0, 0.05) is 9.50 Å². The first-order valence-electron chi connectivity index (χ1n) is 3.57. The van der Waals surface area contributed by atoms with Crippen LogP contribution in [0.2, 0.25) is 10.0 Å². The van der Waals surface area contributed by atoms with Gasteiger partial charge in [0.05, 0.1) is 10.6 Å². The Morgan fingerprint density at radius 1 is 1.29 bits per heavy atom. The fourth-order valence-electron chi connectivity index (χ4n) is 1.02. The van der Waals surface area contributed by atoms with E-state index in [1.54, 1.807) is 12.1 Å². The first-order chi connectivity index (χ1) is 6.68. The number of tetrazole rings is 1. The topological polar surface area (TPSA) is 54.5 Å². The van der Waals surface area contributed by atoms with Gasteiger partial charge < -0.3 is 0 Å². The summed E-state index contributed by atoms with van der Waals surface area (Å²) in [4.78, 5) is 0. The van der Waals surface area contributed by atoms with Gasteiger partial charge in [0.1, 0.15) is 0 Å². The number of hydrogen-bond acceptors (Lipinski definition) is 3. The lowest BCUT2D eigenvalue weighted by Gasteiger charge is -2.02. The fraction of sp³-hybridized carbons (Fsp3) is 0. The van der Waals surface area contributed by atoms with Gasteiger partial charge >= 0.3 is 0 Å². The predicted octanol–water partition coefficient (Wildman–Crippen LogP) is 2.94. The Morgan fingerprint density at radius 2 is 2.07 bits per heavy atom. The van der Waals surface area contributed by atoms with Crippen LogP contribution in [0.3, 0.4) is 0 Å². The minimum Gasteiger partial charge on any atom is -0.177 e. The number of H-pyrrole nitrogens is 1. The van der Waals surface area contributed by atoms with Crippen molar-refractivity contribution in [2.45, 2.75) is 0 Å². The lowest BCUT2D eigenvalue weighted by atomic mass is 10.2. The third-order valence-electron chi connectivity index (χ3n) is 1.58. The summed E-state index contributed by atoms with van der Waals surface area (Å²) in [6.45, 7) is 0. The van der Waals surface area contributed by atoms with Gasteiger partial charge in [-0.25, -0.2) is 0 Å². The van der Waals surface area contributed by atoms with Gasteiger partial charge in [0.15, 0.2) is 0 Å². The number of benzene rings is 1. The molecule has 0 amide bonds. The third-order valence-corrected chi connectivity index (χ3v) is 2.72. The van der Waals surface area contributed by atoms with Crippen molar-refractivity contribution < 1.29 is 0 Å². The molecule has 0 aliphatic carbocycles. The molecule has 4 nitrogen and oxygen atoms in total. The number of rotatable bonds is 1. The second-order valence-electron chi connectivity index (χ2n) is 2.48. The van der Waals surface area contributed by atoms with E-state index >= 15 is 0 Å². The van der Waals surface area contributed by atoms with Crippen molar-refractivity contribution in [3.05, 3.63) is 26.7 Å². The molecule has 0 saturated carbocycles. The van der Waals surface area contributed by atoms with Crippen LogP contribution in [0.25, 0.3) is 11.4 Å². The molecule has 14 heavy (non-hydrogen) atoms. The molecule has 2 aromatic rings. The largest absolute Gasteiger partial charge is 0.207 e. The normalized spacial score (nSPS) is 10.5. The van der Waals surface area contributed by atoms with Gasteiger partial charge in [-0.1, -0.05) is 23.2 Å². The van der Waals surface area contributed by atoms with E-state index in [-0.39, 0.29) is 0 Å². The van der Waals surface area contributed by atoms with Crippen molar-refractivity contribution in [2.24, 2.45) is 0 Å². The second kappa shape index (κ2) is 3.84. The zero-order chi connectivity index (χ0) is 10.1. The molecule has 0 aliphatic heterocycles. The minimum absolute atomic E-state index is 0.429. The summed E-state index contributed by atoms with van der Waals surface area (Å²) in [5.41, 5.74) is 0.671. The van der Waals surface area contributed by atoms with Crippen LogP contribution in [0, 0.1) is 0 Å². The molecule has 72 valence electrons. The highest BCUT2D eigenvalue weighted by molar-refractivity contribution is 9.10. The maximum absolute atomic E-state index is 5.99. The Morgan fingerprint density at radius 3 is 2.64 bits per heavy atom. The molecule has 0 radical (unpaired) electrons. The van der Waals surface area contributed by atoms with Gasteiger partial charge in [-0.3, -0.25) is 0 Å². The number of aromatic amines is 1. The Kier molecular flexibility index (Phi) is 2.71. The van der Waals surface area contributed by atoms with Crippen molar-refractivity contribution in [1.29, 1.82) is 0 Å². The van der Waals surface area contributed by atoms with E-state index in [1.165, 1.54) is 0 Å². The monoisotopic (exact) mass is 292 g/mol. The van der Waals surface area contributed by atoms with Crippen LogP contribution < -0.4 is 0 Å². The molecule has 7 heteroatoms. The standard InChI is InChI=1S/C7H3BrCl2N4/c8-4-1-3(9)2-5(10)6(4)7-11-13-14-12-7/h1-2H,(H,11,12,13,14). The van der Waals surface area contributed by atoms with Crippen LogP contribution in [0.1, 0.15) is 0 Å². The average Bonchev–Trinajstić information content (AvgIpc) is 2.54. The molecule has 0 bridgehead atoms. The molecule has 1 N–H and O–H groups in total. The molecule has 1 heterocycles. The number of nitrogens with zero attached hydrogens (tertiary/aromatic N) is 3. The number of halogens is 3. The Labute approximate surface area is 97.7 Å². The van der Waals surface area contributed by atoms with E-state index in [4.69, 9.17) is 23.2 Å². The maximum Gasteiger partial charge on any atom is 0.207 e. The van der Waals surface area contributed by atoms with Gasteiger partial charge in [-0.2, -0.15) is 5.21 Å². The molecule has 0 fully saturated rings. The first kappa shape index (κ1) is 9.89. The first-order valence-corrected chi connectivity index (χ1v) is 5.12. The summed E-state index contributed by atoms with van der Waals surface area (Å²) < 4.78 is 0.733. The van der Waals surface area contributed by atoms with Crippen LogP contribution in [-0.4, -0.2) is 20.6 Å². The van der Waals surface area contributed by atoms with Crippen LogP contribution in [0.5, 0.6) is 0 Å². The minimum atomic E-state index is 0.429. The summed E-state index contributed by atoms with van der Waals surface area (Å²) >= 11 is 15.1. The highest BCUT2D eigenvalue weighted by Gasteiger charge is 2.13. The highest BCUT2D eigenvalue weighted by atomic mass is 79.9. The van der Waals surface area contributed by atoms with Gasteiger partial charge in [-0.05, 0) is 33.3 Å². The Balaban J connectivity index is 2.64. The van der Waals surface area contributed by atoms with Crippen LogP contribution in [-0.2, 0) is 0 Å². The average molecular weight is 294 g/mol. The number of aromatic nitrogens is 4. The highest BCUT2D eigenvalue weighted by Crippen LogP contribution is 2.35. The van der Waals surface area contributed by atoms with Crippen molar-refractivity contribution >= 4 is 39.1 Å². The van der Waals surface area contributed by atoms with Crippen LogP contribution in [0.15, 0.2) is 16.6 Å². The quantitative estimate of drug-likeness (QED) is 0.879. The predicted molar refractivity (Wildman–Crippen MR) is 57.3 cm³/mol. The van der Waals surface area contributed by atoms with Crippen molar-refractivity contribution in [3.8, 4) is 11.4 Å². The van der Waals surface area contributed by atoms with Crippen molar-refractivity contribution in [3.63, 3.8) is 0 Å². The van der Waals surface area contributed by atoms with E-state index < -0.39 is 0 Å². The molecule has 2 rings (SSSR count). The zero-order valence-electron chi connectivity index (χ0n) is 6.63.